The molecule has 5 aromatic rings. The second kappa shape index (κ2) is 11.7. The minimum atomic E-state index is -0.166. The first-order chi connectivity index (χ1) is 21.8. The highest BCUT2D eigenvalue weighted by Crippen LogP contribution is 2.38. The number of ether oxygens (including phenoxy) is 1. The van der Waals surface area contributed by atoms with Gasteiger partial charge < -0.3 is 29.8 Å². The molecular formula is C36H40N6O3. The highest BCUT2D eigenvalue weighted by atomic mass is 16.5. The van der Waals surface area contributed by atoms with Crippen LogP contribution in [-0.2, 0) is 13.6 Å². The van der Waals surface area contributed by atoms with Crippen molar-refractivity contribution in [3.05, 3.63) is 83.4 Å². The first-order valence-corrected chi connectivity index (χ1v) is 15.9. The summed E-state index contributed by atoms with van der Waals surface area (Å²) >= 11 is 0. The Bertz CT molecular complexity index is 1900. The number of hydrogen-bond donors (Lipinski definition) is 2. The summed E-state index contributed by atoms with van der Waals surface area (Å²) in [7, 11) is 3.64. The molecular weight excluding hydrogens is 564 g/mol. The molecule has 1 saturated carbocycles. The van der Waals surface area contributed by atoms with Crippen molar-refractivity contribution in [1.82, 2.24) is 24.3 Å². The SMILES string of the molecule is COc1cc(C(=O)N2CCC[C@@H](N)C2)cc2nc(-c3cc4ccc([C@@H](C)NC(=O)c5ccccc5)cc4n3CC3CC3)n(C)c12. The first kappa shape index (κ1) is 29.1. The summed E-state index contributed by atoms with van der Waals surface area (Å²) in [5, 5.41) is 4.27. The molecule has 1 saturated heterocycles. The number of rotatable bonds is 8. The summed E-state index contributed by atoms with van der Waals surface area (Å²) in [6.07, 6.45) is 4.27. The van der Waals surface area contributed by atoms with E-state index in [1.165, 1.54) is 12.8 Å². The molecule has 2 amide bonds. The highest BCUT2D eigenvalue weighted by Gasteiger charge is 2.28. The van der Waals surface area contributed by atoms with Gasteiger partial charge in [0, 0.05) is 54.8 Å². The van der Waals surface area contributed by atoms with Gasteiger partial charge in [-0.3, -0.25) is 9.59 Å². The Labute approximate surface area is 263 Å². The van der Waals surface area contributed by atoms with Crippen LogP contribution in [0.1, 0.15) is 64.9 Å². The zero-order valence-corrected chi connectivity index (χ0v) is 26.1. The Kier molecular flexibility index (Phi) is 7.57. The second-order valence-electron chi connectivity index (χ2n) is 12.7. The molecule has 0 radical (unpaired) electrons. The molecule has 0 bridgehead atoms. The van der Waals surface area contributed by atoms with Crippen molar-refractivity contribution < 1.29 is 14.3 Å². The van der Waals surface area contributed by atoms with E-state index in [0.717, 1.165) is 58.4 Å². The summed E-state index contributed by atoms with van der Waals surface area (Å²) < 4.78 is 10.3. The number of carbonyl (C=O) groups is 2. The summed E-state index contributed by atoms with van der Waals surface area (Å²) in [6, 6.07) is 21.5. The molecule has 9 heteroatoms. The zero-order valence-electron chi connectivity index (χ0n) is 26.1. The number of aryl methyl sites for hydroxylation is 1. The minimum absolute atomic E-state index is 0.00630. The Morgan fingerprint density at radius 2 is 1.84 bits per heavy atom. The number of imidazole rings is 1. The van der Waals surface area contributed by atoms with Gasteiger partial charge in [-0.1, -0.05) is 30.3 Å². The molecule has 9 nitrogen and oxygen atoms in total. The van der Waals surface area contributed by atoms with E-state index in [1.807, 2.05) is 61.3 Å². The summed E-state index contributed by atoms with van der Waals surface area (Å²) in [6.45, 7) is 4.18. The number of fused-ring (bicyclic) bond motifs is 2. The number of benzene rings is 3. The van der Waals surface area contributed by atoms with Crippen LogP contribution in [0.2, 0.25) is 0 Å². The Morgan fingerprint density at radius 3 is 2.58 bits per heavy atom. The normalized spacial score (nSPS) is 17.5. The van der Waals surface area contributed by atoms with Crippen molar-refractivity contribution in [2.75, 3.05) is 20.2 Å². The van der Waals surface area contributed by atoms with Gasteiger partial charge in [-0.25, -0.2) is 4.98 Å². The third-order valence-corrected chi connectivity index (χ3v) is 9.32. The van der Waals surface area contributed by atoms with Gasteiger partial charge in [-0.05, 0) is 80.5 Å². The number of hydrogen-bond acceptors (Lipinski definition) is 5. The van der Waals surface area contributed by atoms with Crippen LogP contribution in [0.15, 0.2) is 66.7 Å². The predicted molar refractivity (Wildman–Crippen MR) is 176 cm³/mol. The van der Waals surface area contributed by atoms with E-state index in [2.05, 4.69) is 38.7 Å². The number of piperidine rings is 1. The number of nitrogens with one attached hydrogen (secondary N) is 1. The van der Waals surface area contributed by atoms with E-state index in [0.29, 0.717) is 35.9 Å². The van der Waals surface area contributed by atoms with Crippen molar-refractivity contribution >= 4 is 33.8 Å². The zero-order chi connectivity index (χ0) is 31.2. The lowest BCUT2D eigenvalue weighted by atomic mass is 10.0. The maximum absolute atomic E-state index is 13.5. The lowest BCUT2D eigenvalue weighted by molar-refractivity contribution is 0.0708. The van der Waals surface area contributed by atoms with Crippen molar-refractivity contribution in [3.63, 3.8) is 0 Å². The molecule has 0 unspecified atom stereocenters. The van der Waals surface area contributed by atoms with E-state index >= 15 is 0 Å². The Morgan fingerprint density at radius 1 is 1.04 bits per heavy atom. The topological polar surface area (TPSA) is 107 Å². The number of nitrogens with zero attached hydrogens (tertiary/aromatic N) is 4. The summed E-state index contributed by atoms with van der Waals surface area (Å²) in [4.78, 5) is 33.3. The van der Waals surface area contributed by atoms with E-state index < -0.39 is 0 Å². The quantitative estimate of drug-likeness (QED) is 0.237. The number of amides is 2. The molecule has 7 rings (SSSR count). The fourth-order valence-electron chi connectivity index (χ4n) is 6.63. The molecule has 3 heterocycles. The number of aromatic nitrogens is 3. The molecule has 3 aromatic carbocycles. The maximum Gasteiger partial charge on any atom is 0.254 e. The molecule has 2 fully saturated rings. The van der Waals surface area contributed by atoms with Gasteiger partial charge in [0.1, 0.15) is 11.3 Å². The fourth-order valence-corrected chi connectivity index (χ4v) is 6.63. The maximum atomic E-state index is 13.5. The average Bonchev–Trinajstić information content (AvgIpc) is 3.73. The van der Waals surface area contributed by atoms with Crippen LogP contribution in [0.3, 0.4) is 0 Å². The number of methoxy groups -OCH3 is 1. The van der Waals surface area contributed by atoms with Crippen LogP contribution in [0, 0.1) is 5.92 Å². The van der Waals surface area contributed by atoms with Crippen LogP contribution in [0.4, 0.5) is 0 Å². The fraction of sp³-hybridized carbons (Fsp3) is 0.361. The van der Waals surface area contributed by atoms with E-state index in [9.17, 15) is 9.59 Å². The summed E-state index contributed by atoms with van der Waals surface area (Å²) in [5.74, 6) is 1.93. The smallest absolute Gasteiger partial charge is 0.254 e. The molecule has 2 atom stereocenters. The monoisotopic (exact) mass is 604 g/mol. The van der Waals surface area contributed by atoms with Crippen molar-refractivity contribution in [3.8, 4) is 17.3 Å². The van der Waals surface area contributed by atoms with E-state index in [1.54, 1.807) is 7.11 Å². The first-order valence-electron chi connectivity index (χ1n) is 15.9. The van der Waals surface area contributed by atoms with Crippen molar-refractivity contribution in [1.29, 1.82) is 0 Å². The third-order valence-electron chi connectivity index (χ3n) is 9.32. The Balaban J connectivity index is 1.27. The van der Waals surface area contributed by atoms with Gasteiger partial charge in [0.05, 0.1) is 24.4 Å². The molecule has 45 heavy (non-hydrogen) atoms. The minimum Gasteiger partial charge on any atom is -0.494 e. The predicted octanol–water partition coefficient (Wildman–Crippen LogP) is 5.67. The molecule has 2 aromatic heterocycles. The standard InChI is InChI=1S/C36H40N6O3/c1-22(38-35(43)24-8-5-4-6-9-24)25-13-14-26-18-31(42(30(26)17-25)20-23-11-12-23)34-39-29-16-27(19-32(45-3)33(29)40(34)2)36(44)41-15-7-10-28(37)21-41/h4-6,8-9,13-14,16-19,22-23,28H,7,10-12,15,20-21,37H2,1-3H3,(H,38,43)/t22-,28-/m1/s1. The summed E-state index contributed by atoms with van der Waals surface area (Å²) in [5.41, 5.74) is 12.1. The number of likely N-dealkylation sites (tertiary alicyclic amines) is 1. The Hall–Kier alpha value is -4.63. The van der Waals surface area contributed by atoms with Gasteiger partial charge in [-0.2, -0.15) is 0 Å². The molecule has 232 valence electrons. The number of carbonyl (C=O) groups excluding carboxylic acids is 2. The van der Waals surface area contributed by atoms with Crippen molar-refractivity contribution in [2.24, 2.45) is 18.7 Å². The van der Waals surface area contributed by atoms with Gasteiger partial charge >= 0.3 is 0 Å². The van der Waals surface area contributed by atoms with Crippen LogP contribution in [0.5, 0.6) is 5.75 Å². The van der Waals surface area contributed by atoms with Gasteiger partial charge in [0.2, 0.25) is 0 Å². The van der Waals surface area contributed by atoms with Gasteiger partial charge in [-0.15, -0.1) is 0 Å². The molecule has 3 N–H and O–H groups in total. The van der Waals surface area contributed by atoms with Crippen LogP contribution in [-0.4, -0.2) is 57.1 Å². The van der Waals surface area contributed by atoms with Gasteiger partial charge in [0.25, 0.3) is 11.8 Å². The number of nitrogens with two attached hydrogens (primary N) is 1. The third kappa shape index (κ3) is 5.57. The van der Waals surface area contributed by atoms with E-state index in [4.69, 9.17) is 15.5 Å². The van der Waals surface area contributed by atoms with Crippen LogP contribution < -0.4 is 15.8 Å². The average molecular weight is 605 g/mol. The van der Waals surface area contributed by atoms with Gasteiger partial charge in [0.15, 0.2) is 5.82 Å². The molecule has 2 aliphatic rings. The van der Waals surface area contributed by atoms with Crippen molar-refractivity contribution in [2.45, 2.75) is 51.2 Å². The molecule has 1 aliphatic carbocycles. The van der Waals surface area contributed by atoms with E-state index in [-0.39, 0.29) is 23.9 Å². The lowest BCUT2D eigenvalue weighted by Gasteiger charge is -2.30. The van der Waals surface area contributed by atoms with Crippen LogP contribution in [0.25, 0.3) is 33.5 Å². The van der Waals surface area contributed by atoms with Crippen LogP contribution >= 0.6 is 0 Å². The molecule has 1 aliphatic heterocycles. The lowest BCUT2D eigenvalue weighted by Crippen LogP contribution is -2.45. The second-order valence-corrected chi connectivity index (χ2v) is 12.7. The molecule has 0 spiro atoms. The highest BCUT2D eigenvalue weighted by molar-refractivity contribution is 6.00. The largest absolute Gasteiger partial charge is 0.494 e.